The van der Waals surface area contributed by atoms with Gasteiger partial charge in [0.25, 0.3) is 0 Å². The normalized spacial score (nSPS) is 11.1. The molecule has 0 bridgehead atoms. The average molecular weight is 206 g/mol. The topological polar surface area (TPSA) is 26.3 Å². The van der Waals surface area contributed by atoms with Crippen LogP contribution in [0.5, 0.6) is 5.75 Å². The maximum atomic E-state index is 13.2. The first kappa shape index (κ1) is 11.2. The molecule has 2 nitrogen and oxygen atoms in total. The summed E-state index contributed by atoms with van der Waals surface area (Å²) < 4.78 is 18.0. The predicted molar refractivity (Wildman–Crippen MR) is 57.2 cm³/mol. The van der Waals surface area contributed by atoms with Crippen LogP contribution in [0.1, 0.15) is 5.56 Å². The Morgan fingerprint density at radius 1 is 1.27 bits per heavy atom. The molecule has 0 aliphatic carbocycles. The van der Waals surface area contributed by atoms with Crippen molar-refractivity contribution < 1.29 is 13.9 Å². The van der Waals surface area contributed by atoms with Gasteiger partial charge in [-0.05, 0) is 23.8 Å². The minimum atomic E-state index is -0.404. The maximum Gasteiger partial charge on any atom is 0.165 e. The third-order valence-corrected chi connectivity index (χ3v) is 1.77. The smallest absolute Gasteiger partial charge is 0.165 e. The molecule has 0 aliphatic heterocycles. The first-order valence-corrected chi connectivity index (χ1v) is 4.40. The highest BCUT2D eigenvalue weighted by atomic mass is 19.1. The molecule has 0 N–H and O–H groups in total. The third kappa shape index (κ3) is 3.38. The fraction of sp³-hybridized carbons (Fsp3) is 0.0833. The number of carbonyl (C=O) groups excluding carboxylic acids is 1. The number of halogens is 1. The van der Waals surface area contributed by atoms with Gasteiger partial charge in [-0.2, -0.15) is 0 Å². The van der Waals surface area contributed by atoms with Crippen molar-refractivity contribution in [2.45, 2.75) is 0 Å². The first-order valence-electron chi connectivity index (χ1n) is 4.40. The number of rotatable bonds is 4. The number of hydrogen-bond acceptors (Lipinski definition) is 2. The van der Waals surface area contributed by atoms with Gasteiger partial charge in [0, 0.05) is 0 Å². The highest BCUT2D eigenvalue weighted by molar-refractivity contribution is 5.66. The lowest BCUT2D eigenvalue weighted by atomic mass is 10.2. The van der Waals surface area contributed by atoms with Gasteiger partial charge in [-0.25, -0.2) is 4.39 Å². The molecule has 0 aromatic heterocycles. The number of methoxy groups -OCH3 is 1. The molecule has 1 aromatic carbocycles. The lowest BCUT2D eigenvalue weighted by Crippen LogP contribution is -1.87. The molecule has 0 atom stereocenters. The van der Waals surface area contributed by atoms with Gasteiger partial charge in [-0.1, -0.05) is 24.3 Å². The van der Waals surface area contributed by atoms with Gasteiger partial charge in [0.15, 0.2) is 11.6 Å². The summed E-state index contributed by atoms with van der Waals surface area (Å²) in [5, 5.41) is 0. The van der Waals surface area contributed by atoms with Crippen LogP contribution in [0.25, 0.3) is 6.08 Å². The van der Waals surface area contributed by atoms with Crippen molar-refractivity contribution in [1.29, 1.82) is 0 Å². The maximum absolute atomic E-state index is 13.2. The molecular formula is C12H11FO2. The van der Waals surface area contributed by atoms with Crippen molar-refractivity contribution in [3.63, 3.8) is 0 Å². The van der Waals surface area contributed by atoms with Crippen LogP contribution in [0.2, 0.25) is 0 Å². The third-order valence-electron chi connectivity index (χ3n) is 1.77. The van der Waals surface area contributed by atoms with Gasteiger partial charge in [0.1, 0.15) is 6.29 Å². The van der Waals surface area contributed by atoms with Crippen molar-refractivity contribution in [2.75, 3.05) is 7.11 Å². The van der Waals surface area contributed by atoms with E-state index in [9.17, 15) is 9.18 Å². The van der Waals surface area contributed by atoms with E-state index in [2.05, 4.69) is 0 Å². The van der Waals surface area contributed by atoms with E-state index in [4.69, 9.17) is 4.74 Å². The second-order valence-electron chi connectivity index (χ2n) is 2.77. The highest BCUT2D eigenvalue weighted by Gasteiger charge is 2.00. The Balaban J connectivity index is 2.79. The van der Waals surface area contributed by atoms with Crippen molar-refractivity contribution in [3.8, 4) is 5.75 Å². The molecule has 0 unspecified atom stereocenters. The minimum absolute atomic E-state index is 0.218. The number of carbonyl (C=O) groups is 1. The SMILES string of the molecule is COc1ccc(/C=C/C=C/C=O)cc1F. The molecule has 0 spiro atoms. The summed E-state index contributed by atoms with van der Waals surface area (Å²) in [7, 11) is 1.42. The molecule has 1 aromatic rings. The zero-order valence-electron chi connectivity index (χ0n) is 8.31. The highest BCUT2D eigenvalue weighted by Crippen LogP contribution is 2.18. The largest absolute Gasteiger partial charge is 0.494 e. The summed E-state index contributed by atoms with van der Waals surface area (Å²) >= 11 is 0. The number of benzene rings is 1. The van der Waals surface area contributed by atoms with Crippen LogP contribution in [0.15, 0.2) is 36.4 Å². The Bertz CT molecular complexity index is 395. The van der Waals surface area contributed by atoms with Crippen LogP contribution < -0.4 is 4.74 Å². The number of allylic oxidation sites excluding steroid dienone is 3. The number of ether oxygens (including phenoxy) is 1. The summed E-state index contributed by atoms with van der Waals surface area (Å²) in [6.45, 7) is 0. The molecule has 78 valence electrons. The number of aldehydes is 1. The summed E-state index contributed by atoms with van der Waals surface area (Å²) in [5.74, 6) is -0.186. The van der Waals surface area contributed by atoms with Gasteiger partial charge in [-0.3, -0.25) is 4.79 Å². The molecule has 0 aliphatic rings. The van der Waals surface area contributed by atoms with Crippen LogP contribution >= 0.6 is 0 Å². The van der Waals surface area contributed by atoms with Gasteiger partial charge in [-0.15, -0.1) is 0 Å². The Morgan fingerprint density at radius 3 is 2.67 bits per heavy atom. The molecule has 0 fully saturated rings. The molecule has 0 radical (unpaired) electrons. The van der Waals surface area contributed by atoms with Crippen molar-refractivity contribution >= 4 is 12.4 Å². The van der Waals surface area contributed by atoms with Crippen molar-refractivity contribution in [2.24, 2.45) is 0 Å². The quantitative estimate of drug-likeness (QED) is 0.430. The first-order chi connectivity index (χ1) is 7.27. The van der Waals surface area contributed by atoms with E-state index in [-0.39, 0.29) is 5.75 Å². The summed E-state index contributed by atoms with van der Waals surface area (Å²) in [6, 6.07) is 4.65. The lowest BCUT2D eigenvalue weighted by molar-refractivity contribution is -0.104. The van der Waals surface area contributed by atoms with E-state index in [1.165, 1.54) is 19.3 Å². The Hall–Kier alpha value is -1.90. The van der Waals surface area contributed by atoms with Gasteiger partial charge in [0.2, 0.25) is 0 Å². The number of hydrogen-bond donors (Lipinski definition) is 0. The average Bonchev–Trinajstić information content (AvgIpc) is 2.25. The molecule has 0 heterocycles. The van der Waals surface area contributed by atoms with E-state index in [0.29, 0.717) is 11.8 Å². The van der Waals surface area contributed by atoms with E-state index in [1.807, 2.05) is 0 Å². The molecule has 1 rings (SSSR count). The van der Waals surface area contributed by atoms with Crippen molar-refractivity contribution in [3.05, 3.63) is 47.8 Å². The van der Waals surface area contributed by atoms with E-state index in [0.717, 1.165) is 0 Å². The fourth-order valence-electron chi connectivity index (χ4n) is 1.06. The fourth-order valence-corrected chi connectivity index (χ4v) is 1.06. The summed E-state index contributed by atoms with van der Waals surface area (Å²) in [5.41, 5.74) is 0.712. The summed E-state index contributed by atoms with van der Waals surface area (Å²) in [6.07, 6.45) is 6.97. The Labute approximate surface area is 87.7 Å². The Morgan fingerprint density at radius 2 is 2.07 bits per heavy atom. The second-order valence-corrected chi connectivity index (χ2v) is 2.77. The monoisotopic (exact) mass is 206 g/mol. The zero-order valence-corrected chi connectivity index (χ0v) is 8.31. The van der Waals surface area contributed by atoms with E-state index >= 15 is 0 Å². The van der Waals surface area contributed by atoms with Gasteiger partial charge in [0.05, 0.1) is 7.11 Å². The second kappa shape index (κ2) is 5.75. The predicted octanol–water partition coefficient (Wildman–Crippen LogP) is 2.60. The zero-order chi connectivity index (χ0) is 11.1. The van der Waals surface area contributed by atoms with Crippen LogP contribution in [0.3, 0.4) is 0 Å². The molecular weight excluding hydrogens is 195 g/mol. The standard InChI is InChI=1S/C12H11FO2/c1-15-12-7-6-10(9-11(12)13)5-3-2-4-8-14/h2-9H,1H3/b4-2+,5-3+. The molecule has 0 amide bonds. The van der Waals surface area contributed by atoms with Crippen LogP contribution in [0, 0.1) is 5.82 Å². The van der Waals surface area contributed by atoms with Crippen LogP contribution in [-0.2, 0) is 4.79 Å². The Kier molecular flexibility index (Phi) is 4.29. The van der Waals surface area contributed by atoms with Crippen molar-refractivity contribution in [1.82, 2.24) is 0 Å². The molecule has 0 saturated carbocycles. The summed E-state index contributed by atoms with van der Waals surface area (Å²) in [4.78, 5) is 9.96. The minimum Gasteiger partial charge on any atom is -0.494 e. The molecule has 0 saturated heterocycles. The van der Waals surface area contributed by atoms with Crippen LogP contribution in [0.4, 0.5) is 4.39 Å². The lowest BCUT2D eigenvalue weighted by Gasteiger charge is -2.01. The van der Waals surface area contributed by atoms with Gasteiger partial charge >= 0.3 is 0 Å². The van der Waals surface area contributed by atoms with E-state index in [1.54, 1.807) is 30.4 Å². The molecule has 3 heteroatoms. The van der Waals surface area contributed by atoms with Gasteiger partial charge < -0.3 is 4.74 Å². The van der Waals surface area contributed by atoms with Crippen LogP contribution in [-0.4, -0.2) is 13.4 Å². The van der Waals surface area contributed by atoms with E-state index < -0.39 is 5.82 Å². The molecule has 15 heavy (non-hydrogen) atoms.